The molecule has 0 spiro atoms. The van der Waals surface area contributed by atoms with E-state index in [1.807, 2.05) is 16.8 Å². The van der Waals surface area contributed by atoms with Crippen LogP contribution in [0, 0.1) is 13.8 Å². The van der Waals surface area contributed by atoms with E-state index in [0.29, 0.717) is 6.54 Å². The number of aromatic amines is 1. The number of nitrogens with one attached hydrogen (secondary N) is 1. The minimum Gasteiger partial charge on any atom is -0.321 e. The zero-order valence-electron chi connectivity index (χ0n) is 22.4. The van der Waals surface area contributed by atoms with Gasteiger partial charge in [0.05, 0.1) is 17.1 Å². The van der Waals surface area contributed by atoms with Crippen molar-refractivity contribution in [2.24, 2.45) is 0 Å². The zero-order chi connectivity index (χ0) is 25.9. The first kappa shape index (κ1) is 25.8. The first-order valence-electron chi connectivity index (χ1n) is 12.9. The van der Waals surface area contributed by atoms with Gasteiger partial charge in [0.15, 0.2) is 5.82 Å². The van der Waals surface area contributed by atoms with Gasteiger partial charge in [0.2, 0.25) is 0 Å². The lowest BCUT2D eigenvalue weighted by Crippen LogP contribution is -2.37. The van der Waals surface area contributed by atoms with Crippen LogP contribution in [0.1, 0.15) is 74.7 Å². The molecular formula is C29H38N6O. The van der Waals surface area contributed by atoms with Gasteiger partial charge in [-0.25, -0.2) is 4.68 Å². The molecule has 36 heavy (non-hydrogen) atoms. The number of hydrogen-bond donors (Lipinski definition) is 1. The fourth-order valence-electron chi connectivity index (χ4n) is 4.76. The molecule has 1 N–H and O–H groups in total. The summed E-state index contributed by atoms with van der Waals surface area (Å²) in [5, 5.41) is 14.0. The van der Waals surface area contributed by atoms with Crippen LogP contribution in [-0.2, 0) is 18.5 Å². The van der Waals surface area contributed by atoms with Gasteiger partial charge in [-0.15, -0.1) is 5.10 Å². The van der Waals surface area contributed by atoms with E-state index in [1.54, 1.807) is 0 Å². The molecule has 190 valence electrons. The number of tetrazole rings is 1. The highest BCUT2D eigenvalue weighted by molar-refractivity contribution is 5.83. The van der Waals surface area contributed by atoms with Gasteiger partial charge in [0.1, 0.15) is 0 Å². The molecule has 0 aliphatic rings. The van der Waals surface area contributed by atoms with E-state index in [0.717, 1.165) is 53.7 Å². The molecule has 0 amide bonds. The summed E-state index contributed by atoms with van der Waals surface area (Å²) in [6, 6.07) is 16.7. The number of aromatic nitrogens is 5. The second-order valence-electron chi connectivity index (χ2n) is 10.3. The molecule has 2 aromatic carbocycles. The number of nitrogens with zero attached hydrogens (tertiary/aromatic N) is 5. The number of benzene rings is 2. The van der Waals surface area contributed by atoms with Gasteiger partial charge < -0.3 is 4.98 Å². The molecule has 0 radical (unpaired) electrons. The van der Waals surface area contributed by atoms with E-state index in [-0.39, 0.29) is 17.1 Å². The smallest absolute Gasteiger partial charge is 0.252 e. The molecule has 7 nitrogen and oxygen atoms in total. The van der Waals surface area contributed by atoms with Crippen LogP contribution in [0.25, 0.3) is 10.9 Å². The molecule has 1 atom stereocenters. The Kier molecular flexibility index (Phi) is 7.69. The third-order valence-electron chi connectivity index (χ3n) is 7.59. The first-order chi connectivity index (χ1) is 17.2. The van der Waals surface area contributed by atoms with E-state index in [9.17, 15) is 4.79 Å². The maximum Gasteiger partial charge on any atom is 0.252 e. The van der Waals surface area contributed by atoms with E-state index in [1.165, 1.54) is 11.1 Å². The summed E-state index contributed by atoms with van der Waals surface area (Å²) in [6.07, 6.45) is 2.62. The molecule has 0 bridgehead atoms. The number of fused-ring (bicyclic) bond motifs is 1. The predicted molar refractivity (Wildman–Crippen MR) is 145 cm³/mol. The van der Waals surface area contributed by atoms with Crippen molar-refractivity contribution in [2.75, 3.05) is 6.54 Å². The Bertz CT molecular complexity index is 1370. The SMILES string of the molecule is CC[C@H](c1nnnn1C(C)(C)CC)N(CCc1ccccc1)Cc1cc2ccc(C)c(C)c2[nH]c1=O. The van der Waals surface area contributed by atoms with Crippen molar-refractivity contribution in [2.45, 2.75) is 78.9 Å². The van der Waals surface area contributed by atoms with Crippen molar-refractivity contribution >= 4 is 10.9 Å². The Morgan fingerprint density at radius 2 is 1.83 bits per heavy atom. The molecule has 4 aromatic rings. The van der Waals surface area contributed by atoms with Gasteiger partial charge in [-0.05, 0) is 85.5 Å². The third-order valence-corrected chi connectivity index (χ3v) is 7.59. The van der Waals surface area contributed by atoms with E-state index in [2.05, 4.69) is 103 Å². The molecule has 7 heteroatoms. The topological polar surface area (TPSA) is 79.7 Å². The minimum atomic E-state index is -0.201. The van der Waals surface area contributed by atoms with Crippen LogP contribution in [0.3, 0.4) is 0 Å². The van der Waals surface area contributed by atoms with Crippen LogP contribution in [-0.4, -0.2) is 36.6 Å². The summed E-state index contributed by atoms with van der Waals surface area (Å²) >= 11 is 0. The maximum atomic E-state index is 13.2. The lowest BCUT2D eigenvalue weighted by molar-refractivity contribution is 0.160. The second-order valence-corrected chi connectivity index (χ2v) is 10.3. The molecule has 4 rings (SSSR count). The summed E-state index contributed by atoms with van der Waals surface area (Å²) in [4.78, 5) is 18.8. The van der Waals surface area contributed by atoms with Crippen molar-refractivity contribution < 1.29 is 0 Å². The molecule has 0 saturated carbocycles. The lowest BCUT2D eigenvalue weighted by Gasteiger charge is -2.33. The third kappa shape index (κ3) is 5.26. The molecule has 0 aliphatic carbocycles. The highest BCUT2D eigenvalue weighted by Crippen LogP contribution is 2.29. The second kappa shape index (κ2) is 10.7. The highest BCUT2D eigenvalue weighted by Gasteiger charge is 2.31. The van der Waals surface area contributed by atoms with Crippen molar-refractivity contribution in [1.82, 2.24) is 30.1 Å². The number of H-pyrrole nitrogens is 1. The Labute approximate surface area is 213 Å². The molecular weight excluding hydrogens is 448 g/mol. The normalized spacial score (nSPS) is 13.0. The van der Waals surface area contributed by atoms with Gasteiger partial charge in [0, 0.05) is 18.7 Å². The molecule has 0 unspecified atom stereocenters. The molecule has 0 fully saturated rings. The van der Waals surface area contributed by atoms with Gasteiger partial charge >= 0.3 is 0 Å². The standard InChI is InChI=1S/C29H38N6O/c1-7-25(27-31-32-33-35(27)29(5,6)8-2)34(17-16-22-12-10-9-11-13-22)19-24-18-23-15-14-20(3)21(4)26(23)30-28(24)36/h9-15,18,25H,7-8,16-17,19H2,1-6H3,(H,30,36)/t25-/m1/s1. The summed E-state index contributed by atoms with van der Waals surface area (Å²) in [7, 11) is 0. The Morgan fingerprint density at radius 1 is 1.08 bits per heavy atom. The van der Waals surface area contributed by atoms with Gasteiger partial charge in [-0.3, -0.25) is 9.69 Å². The fraction of sp³-hybridized carbons (Fsp3) is 0.448. The number of hydrogen-bond acceptors (Lipinski definition) is 5. The number of rotatable bonds is 10. The molecule has 0 saturated heterocycles. The predicted octanol–water partition coefficient (Wildman–Crippen LogP) is 5.47. The van der Waals surface area contributed by atoms with Crippen molar-refractivity contribution in [1.29, 1.82) is 0 Å². The van der Waals surface area contributed by atoms with Crippen LogP contribution in [0.4, 0.5) is 0 Å². The Balaban J connectivity index is 1.74. The Hall–Kier alpha value is -3.32. The number of pyridine rings is 1. The van der Waals surface area contributed by atoms with E-state index in [4.69, 9.17) is 0 Å². The summed E-state index contributed by atoms with van der Waals surface area (Å²) < 4.78 is 1.97. The largest absolute Gasteiger partial charge is 0.321 e. The van der Waals surface area contributed by atoms with Gasteiger partial charge in [-0.1, -0.05) is 56.3 Å². The fourth-order valence-corrected chi connectivity index (χ4v) is 4.76. The van der Waals surface area contributed by atoms with Crippen molar-refractivity contribution in [3.63, 3.8) is 0 Å². The first-order valence-corrected chi connectivity index (χ1v) is 12.9. The average molecular weight is 487 g/mol. The van der Waals surface area contributed by atoms with Crippen LogP contribution in [0.5, 0.6) is 0 Å². The van der Waals surface area contributed by atoms with Crippen LogP contribution in [0.15, 0.2) is 53.3 Å². The summed E-state index contributed by atoms with van der Waals surface area (Å²) in [6.45, 7) is 14.1. The summed E-state index contributed by atoms with van der Waals surface area (Å²) in [5.41, 5.74) is 4.99. The van der Waals surface area contributed by atoms with E-state index < -0.39 is 0 Å². The quantitative estimate of drug-likeness (QED) is 0.321. The lowest BCUT2D eigenvalue weighted by atomic mass is 10.0. The van der Waals surface area contributed by atoms with E-state index >= 15 is 0 Å². The van der Waals surface area contributed by atoms with Crippen molar-refractivity contribution in [3.05, 3.63) is 87.0 Å². The average Bonchev–Trinajstić information content (AvgIpc) is 3.37. The zero-order valence-corrected chi connectivity index (χ0v) is 22.4. The maximum absolute atomic E-state index is 13.2. The molecule has 2 aromatic heterocycles. The van der Waals surface area contributed by atoms with Gasteiger partial charge in [-0.2, -0.15) is 0 Å². The number of aryl methyl sites for hydroxylation is 2. The highest BCUT2D eigenvalue weighted by atomic mass is 16.1. The monoisotopic (exact) mass is 486 g/mol. The van der Waals surface area contributed by atoms with Crippen LogP contribution >= 0.6 is 0 Å². The summed E-state index contributed by atoms with van der Waals surface area (Å²) in [5.74, 6) is 0.848. The van der Waals surface area contributed by atoms with Crippen molar-refractivity contribution in [3.8, 4) is 0 Å². The van der Waals surface area contributed by atoms with Crippen LogP contribution < -0.4 is 5.56 Å². The molecule has 0 aliphatic heterocycles. The molecule has 2 heterocycles. The van der Waals surface area contributed by atoms with Crippen LogP contribution in [0.2, 0.25) is 0 Å². The van der Waals surface area contributed by atoms with Gasteiger partial charge in [0.25, 0.3) is 5.56 Å². The Morgan fingerprint density at radius 3 is 2.53 bits per heavy atom. The minimum absolute atomic E-state index is 0.0237.